The number of aliphatic hydroxyl groups excluding tert-OH is 1. The number of hydrogen-bond donors (Lipinski definition) is 1. The number of carbonyl (C=O) groups is 2. The SMILES string of the molecule is C[C@]12C[C@H](c3ccoc3)OC(=O)[C@@H]1[C@H](O)C[C@]13COC(=O)C1=CCC[C@H]32. The van der Waals surface area contributed by atoms with Gasteiger partial charge in [-0.2, -0.15) is 0 Å². The Labute approximate surface area is 151 Å². The van der Waals surface area contributed by atoms with Gasteiger partial charge in [-0.1, -0.05) is 13.0 Å². The average molecular weight is 358 g/mol. The van der Waals surface area contributed by atoms with Crippen LogP contribution in [0.3, 0.4) is 0 Å². The Hall–Kier alpha value is -2.08. The standard InChI is InChI=1S/C20H22O6/c1-19-8-14(11-5-6-24-9-11)26-18(23)16(19)13(21)7-20-10-25-17(22)12(20)3-2-4-15(19)20/h3,5-6,9,13-16,21H,2,4,7-8,10H2,1H3/t13-,14-,15+,16+,19-,20+/m1/s1. The van der Waals surface area contributed by atoms with Gasteiger partial charge >= 0.3 is 11.9 Å². The predicted molar refractivity (Wildman–Crippen MR) is 88.6 cm³/mol. The summed E-state index contributed by atoms with van der Waals surface area (Å²) < 4.78 is 16.3. The number of ether oxygens (including phenoxy) is 2. The topological polar surface area (TPSA) is 86.0 Å². The van der Waals surface area contributed by atoms with Gasteiger partial charge in [-0.15, -0.1) is 0 Å². The highest BCUT2D eigenvalue weighted by molar-refractivity contribution is 5.93. The van der Waals surface area contributed by atoms with E-state index in [1.165, 1.54) is 0 Å². The first-order chi connectivity index (χ1) is 12.5. The van der Waals surface area contributed by atoms with E-state index in [1.54, 1.807) is 12.5 Å². The Morgan fingerprint density at radius 1 is 1.27 bits per heavy atom. The normalized spacial score (nSPS) is 44.3. The molecule has 0 amide bonds. The van der Waals surface area contributed by atoms with E-state index in [0.717, 1.165) is 18.4 Å². The number of fused-ring (bicyclic) bond motifs is 2. The molecule has 1 N–H and O–H groups in total. The van der Waals surface area contributed by atoms with Crippen molar-refractivity contribution in [2.45, 2.75) is 44.8 Å². The van der Waals surface area contributed by atoms with Crippen molar-refractivity contribution in [2.24, 2.45) is 22.7 Å². The van der Waals surface area contributed by atoms with Crippen LogP contribution in [0.5, 0.6) is 0 Å². The molecule has 1 saturated carbocycles. The van der Waals surface area contributed by atoms with Crippen molar-refractivity contribution in [3.63, 3.8) is 0 Å². The summed E-state index contributed by atoms with van der Waals surface area (Å²) in [7, 11) is 0. The highest BCUT2D eigenvalue weighted by Crippen LogP contribution is 2.66. The molecule has 0 bridgehead atoms. The zero-order chi connectivity index (χ0) is 18.1. The molecule has 26 heavy (non-hydrogen) atoms. The summed E-state index contributed by atoms with van der Waals surface area (Å²) in [6.07, 6.45) is 6.56. The van der Waals surface area contributed by atoms with Crippen molar-refractivity contribution >= 4 is 11.9 Å². The Morgan fingerprint density at radius 2 is 2.12 bits per heavy atom. The van der Waals surface area contributed by atoms with Gasteiger partial charge in [-0.25, -0.2) is 4.79 Å². The van der Waals surface area contributed by atoms with E-state index in [1.807, 2.05) is 12.1 Å². The van der Waals surface area contributed by atoms with E-state index in [9.17, 15) is 14.7 Å². The van der Waals surface area contributed by atoms with Crippen LogP contribution < -0.4 is 0 Å². The van der Waals surface area contributed by atoms with Crippen LogP contribution in [-0.2, 0) is 19.1 Å². The molecular weight excluding hydrogens is 336 g/mol. The van der Waals surface area contributed by atoms with Crippen molar-refractivity contribution in [3.05, 3.63) is 35.8 Å². The molecule has 138 valence electrons. The minimum absolute atomic E-state index is 0.0945. The third-order valence-electron chi connectivity index (χ3n) is 7.21. The van der Waals surface area contributed by atoms with Gasteiger partial charge in [-0.05, 0) is 43.1 Å². The number of cyclic esters (lactones) is 2. The molecule has 0 unspecified atom stereocenters. The van der Waals surface area contributed by atoms with E-state index in [0.29, 0.717) is 25.0 Å². The van der Waals surface area contributed by atoms with E-state index >= 15 is 0 Å². The lowest BCUT2D eigenvalue weighted by atomic mass is 9.45. The molecule has 3 heterocycles. The molecule has 2 aliphatic heterocycles. The Bertz CT molecular complexity index is 795. The first-order valence-electron chi connectivity index (χ1n) is 9.24. The fourth-order valence-electron chi connectivity index (χ4n) is 6.21. The quantitative estimate of drug-likeness (QED) is 0.777. The number of furan rings is 1. The second kappa shape index (κ2) is 5.22. The lowest BCUT2D eigenvalue weighted by molar-refractivity contribution is -0.210. The number of esters is 2. The summed E-state index contributed by atoms with van der Waals surface area (Å²) in [5.74, 6) is -1.10. The Kier molecular flexibility index (Phi) is 3.24. The molecule has 1 aromatic rings. The highest BCUT2D eigenvalue weighted by atomic mass is 16.6. The zero-order valence-corrected chi connectivity index (χ0v) is 14.6. The maximum Gasteiger partial charge on any atom is 0.334 e. The first-order valence-corrected chi connectivity index (χ1v) is 9.24. The number of hydrogen-bond acceptors (Lipinski definition) is 6. The van der Waals surface area contributed by atoms with E-state index in [-0.39, 0.29) is 17.9 Å². The summed E-state index contributed by atoms with van der Waals surface area (Å²) in [5, 5.41) is 10.9. The van der Waals surface area contributed by atoms with Crippen LogP contribution in [0.4, 0.5) is 0 Å². The van der Waals surface area contributed by atoms with Crippen LogP contribution >= 0.6 is 0 Å². The fourth-order valence-corrected chi connectivity index (χ4v) is 6.21. The van der Waals surface area contributed by atoms with E-state index in [2.05, 4.69) is 6.92 Å². The monoisotopic (exact) mass is 358 g/mol. The van der Waals surface area contributed by atoms with Crippen molar-refractivity contribution in [1.82, 2.24) is 0 Å². The molecule has 1 spiro atoms. The number of rotatable bonds is 1. The summed E-state index contributed by atoms with van der Waals surface area (Å²) in [6.45, 7) is 2.37. The molecule has 3 fully saturated rings. The molecule has 6 nitrogen and oxygen atoms in total. The lowest BCUT2D eigenvalue weighted by Gasteiger charge is -2.59. The Morgan fingerprint density at radius 3 is 2.88 bits per heavy atom. The highest BCUT2D eigenvalue weighted by Gasteiger charge is 2.67. The third-order valence-corrected chi connectivity index (χ3v) is 7.21. The van der Waals surface area contributed by atoms with Crippen LogP contribution in [0.25, 0.3) is 0 Å². The van der Waals surface area contributed by atoms with Crippen LogP contribution in [0.2, 0.25) is 0 Å². The molecule has 0 aromatic carbocycles. The minimum Gasteiger partial charge on any atom is -0.472 e. The maximum absolute atomic E-state index is 12.9. The first kappa shape index (κ1) is 16.1. The molecule has 4 aliphatic rings. The summed E-state index contributed by atoms with van der Waals surface area (Å²) in [6, 6.07) is 1.81. The van der Waals surface area contributed by atoms with Crippen LogP contribution in [0, 0.1) is 22.7 Å². The molecule has 2 aliphatic carbocycles. The van der Waals surface area contributed by atoms with Crippen molar-refractivity contribution < 1.29 is 28.6 Å². The second-order valence-corrected chi connectivity index (χ2v) is 8.42. The molecule has 5 rings (SSSR count). The summed E-state index contributed by atoms with van der Waals surface area (Å²) in [5.41, 5.74) is 0.574. The molecular formula is C20H22O6. The fraction of sp³-hybridized carbons (Fsp3) is 0.600. The zero-order valence-electron chi connectivity index (χ0n) is 14.6. The summed E-state index contributed by atoms with van der Waals surface area (Å²) >= 11 is 0. The third kappa shape index (κ3) is 1.91. The molecule has 6 heteroatoms. The van der Waals surface area contributed by atoms with Crippen molar-refractivity contribution in [3.8, 4) is 0 Å². The van der Waals surface area contributed by atoms with E-state index < -0.39 is 29.0 Å². The largest absolute Gasteiger partial charge is 0.472 e. The van der Waals surface area contributed by atoms with Gasteiger partial charge in [0.1, 0.15) is 12.7 Å². The van der Waals surface area contributed by atoms with Gasteiger partial charge in [0.05, 0.1) is 24.5 Å². The van der Waals surface area contributed by atoms with Gasteiger partial charge in [0.2, 0.25) is 0 Å². The minimum atomic E-state index is -0.843. The van der Waals surface area contributed by atoms with Crippen LogP contribution in [0.15, 0.2) is 34.7 Å². The van der Waals surface area contributed by atoms with Gasteiger partial charge in [0.15, 0.2) is 0 Å². The smallest absolute Gasteiger partial charge is 0.334 e. The Balaban J connectivity index is 1.60. The van der Waals surface area contributed by atoms with Gasteiger partial charge < -0.3 is 19.0 Å². The molecule has 0 radical (unpaired) electrons. The van der Waals surface area contributed by atoms with Crippen LogP contribution in [-0.4, -0.2) is 29.8 Å². The number of carbonyl (C=O) groups excluding carboxylic acids is 2. The van der Waals surface area contributed by atoms with Crippen molar-refractivity contribution in [1.29, 1.82) is 0 Å². The lowest BCUT2D eigenvalue weighted by Crippen LogP contribution is -2.61. The maximum atomic E-state index is 12.9. The number of aliphatic hydroxyl groups is 1. The number of allylic oxidation sites excluding steroid dienone is 1. The van der Waals surface area contributed by atoms with Crippen molar-refractivity contribution in [2.75, 3.05) is 6.61 Å². The molecule has 6 atom stereocenters. The van der Waals surface area contributed by atoms with Gasteiger partial charge in [0, 0.05) is 16.6 Å². The predicted octanol–water partition coefficient (Wildman–Crippen LogP) is 2.53. The molecule has 2 saturated heterocycles. The van der Waals surface area contributed by atoms with Gasteiger partial charge in [0.25, 0.3) is 0 Å². The second-order valence-electron chi connectivity index (χ2n) is 8.42. The van der Waals surface area contributed by atoms with E-state index in [4.69, 9.17) is 13.9 Å². The molecule has 1 aromatic heterocycles. The van der Waals surface area contributed by atoms with Crippen LogP contribution in [0.1, 0.15) is 44.3 Å². The average Bonchev–Trinajstić information content (AvgIpc) is 3.22. The van der Waals surface area contributed by atoms with Gasteiger partial charge in [-0.3, -0.25) is 4.79 Å². The summed E-state index contributed by atoms with van der Waals surface area (Å²) in [4.78, 5) is 25.1.